The molecule has 0 amide bonds. The van der Waals surface area contributed by atoms with E-state index in [1.54, 1.807) is 0 Å². The molecule has 356 valence electrons. The molecule has 0 fully saturated rings. The second-order valence-corrected chi connectivity index (χ2v) is 20.7. The number of carboxylic acid groups (broad SMARTS) is 1. The van der Waals surface area contributed by atoms with Gasteiger partial charge in [0.05, 0.1) is 5.41 Å². The Labute approximate surface area is 452 Å². The maximum absolute atomic E-state index is 12.7. The molecule has 3 aliphatic rings. The zero-order chi connectivity index (χ0) is 49.6. The van der Waals surface area contributed by atoms with E-state index in [1.807, 2.05) is 30.3 Å². The number of hydrogen-bond donors (Lipinski definition) is 2. The molecule has 0 saturated carbocycles. The number of hydrogen-bond acceptors (Lipinski definition) is 2. The molecule has 3 nitrogen and oxygen atoms in total. The van der Waals surface area contributed by atoms with Crippen LogP contribution in [0.1, 0.15) is 45.9 Å². The van der Waals surface area contributed by atoms with Crippen molar-refractivity contribution in [2.75, 3.05) is 0 Å². The van der Waals surface area contributed by atoms with Crippen molar-refractivity contribution in [3.8, 4) is 44.5 Å². The minimum Gasteiger partial charge on any atom is -0.481 e. The highest BCUT2D eigenvalue weighted by Crippen LogP contribution is 2.66. The third-order valence-electron chi connectivity index (χ3n) is 15.3. The minimum absolute atomic E-state index is 0. The zero-order valence-corrected chi connectivity index (χ0v) is 44.0. The van der Waals surface area contributed by atoms with E-state index in [2.05, 4.69) is 238 Å². The predicted octanol–water partition coefficient (Wildman–Crippen LogP) is 18.3. The van der Waals surface area contributed by atoms with Crippen molar-refractivity contribution in [2.45, 2.75) is 17.9 Å². The molecule has 2 atom stereocenters. The summed E-state index contributed by atoms with van der Waals surface area (Å²) < 4.78 is 2.15. The molecule has 15 rings (SSSR count). The molecule has 3 aliphatic carbocycles. The SMILES string of the molecule is Brc1cccc2c1-c1ccccc1C21c2ccccc2-c2c1c1ccccc1c1ccccc21.CC(=O)O.Cl.OC1(c2ccccc2-c2cc3ccccc3c3ccccc23)c2ccccc2-c2c(Br)cccc21. The van der Waals surface area contributed by atoms with Crippen molar-refractivity contribution >= 4 is 93.3 Å². The third-order valence-corrected chi connectivity index (χ3v) is 16.6. The number of halogens is 3. The quantitative estimate of drug-likeness (QED) is 0.170. The summed E-state index contributed by atoms with van der Waals surface area (Å²) in [5, 5.41) is 30.3. The Morgan fingerprint density at radius 3 is 1.32 bits per heavy atom. The molecule has 12 aromatic rings. The largest absolute Gasteiger partial charge is 0.481 e. The molecule has 12 aromatic carbocycles. The van der Waals surface area contributed by atoms with Crippen LogP contribution >= 0.6 is 44.3 Å². The molecular formula is C68H45Br2ClO3. The average molecular weight is 1110 g/mol. The Morgan fingerprint density at radius 2 is 0.730 bits per heavy atom. The Kier molecular flexibility index (Phi) is 11.8. The Bertz CT molecular complexity index is 4270. The van der Waals surface area contributed by atoms with Crippen molar-refractivity contribution in [1.82, 2.24) is 0 Å². The highest BCUT2D eigenvalue weighted by Gasteiger charge is 2.53. The van der Waals surface area contributed by atoms with E-state index < -0.39 is 11.6 Å². The molecule has 6 heteroatoms. The summed E-state index contributed by atoms with van der Waals surface area (Å²) in [4.78, 5) is 9.00. The van der Waals surface area contributed by atoms with Crippen LogP contribution in [0.3, 0.4) is 0 Å². The molecule has 74 heavy (non-hydrogen) atoms. The molecule has 0 saturated heterocycles. The maximum atomic E-state index is 12.7. The van der Waals surface area contributed by atoms with Gasteiger partial charge in [0.1, 0.15) is 5.60 Å². The second kappa shape index (κ2) is 18.4. The van der Waals surface area contributed by atoms with Crippen LogP contribution in [0.15, 0.2) is 246 Å². The van der Waals surface area contributed by atoms with Gasteiger partial charge in [-0.15, -0.1) is 12.4 Å². The summed E-state index contributed by atoms with van der Waals surface area (Å²) in [6.07, 6.45) is 0. The molecule has 0 bridgehead atoms. The van der Waals surface area contributed by atoms with Crippen LogP contribution in [0.2, 0.25) is 0 Å². The fraction of sp³-hybridized carbons (Fsp3) is 0.0441. The van der Waals surface area contributed by atoms with Crippen LogP contribution in [-0.2, 0) is 15.8 Å². The number of carbonyl (C=O) groups is 1. The summed E-state index contributed by atoms with van der Waals surface area (Å²) in [6.45, 7) is 1.08. The van der Waals surface area contributed by atoms with E-state index in [4.69, 9.17) is 9.90 Å². The van der Waals surface area contributed by atoms with Crippen molar-refractivity contribution in [1.29, 1.82) is 0 Å². The maximum Gasteiger partial charge on any atom is 0.300 e. The Morgan fingerprint density at radius 1 is 0.365 bits per heavy atom. The average Bonchev–Trinajstić information content (AvgIpc) is 4.08. The standard InChI is InChI=1S/C33H21BrO.C33H19Br.C2H4O2.ClH/c34-31-19-9-18-30-32(31)26-15-6-8-17-29(26)33(30,35)28-16-7-5-14-25(28)27-20-21-10-1-2-11-22(21)23-12-3-4-13-24(23)27;34-29-19-9-18-28-31(29)25-15-6-8-17-27(25)33(28)26-16-7-5-14-24(26)30-22-12-3-1-10-20(22)21-11-2-4-13-23(21)32(30)33;1-2(3)4;/h1-20,35H;1-19H;1H3,(H,3,4);1H. The summed E-state index contributed by atoms with van der Waals surface area (Å²) in [5.74, 6) is -0.833. The Balaban J connectivity index is 0.000000139. The third kappa shape index (κ3) is 6.84. The van der Waals surface area contributed by atoms with Crippen LogP contribution in [-0.4, -0.2) is 16.2 Å². The molecule has 2 unspecified atom stereocenters. The van der Waals surface area contributed by atoms with Gasteiger partial charge in [0.25, 0.3) is 5.97 Å². The molecule has 0 heterocycles. The summed E-state index contributed by atoms with van der Waals surface area (Å²) >= 11 is 7.67. The van der Waals surface area contributed by atoms with Gasteiger partial charge in [-0.25, -0.2) is 0 Å². The number of aliphatic carboxylic acids is 1. The first-order chi connectivity index (χ1) is 35.7. The zero-order valence-electron chi connectivity index (χ0n) is 40.0. The lowest BCUT2D eigenvalue weighted by Crippen LogP contribution is -2.27. The van der Waals surface area contributed by atoms with Crippen LogP contribution in [0.4, 0.5) is 0 Å². The van der Waals surface area contributed by atoms with Crippen LogP contribution in [0.5, 0.6) is 0 Å². The van der Waals surface area contributed by atoms with E-state index in [0.717, 1.165) is 54.8 Å². The van der Waals surface area contributed by atoms with Gasteiger partial charge < -0.3 is 10.2 Å². The fourth-order valence-corrected chi connectivity index (χ4v) is 13.8. The first kappa shape index (κ1) is 47.4. The topological polar surface area (TPSA) is 57.5 Å². The molecule has 1 spiro atoms. The smallest absolute Gasteiger partial charge is 0.300 e. The molecule has 0 radical (unpaired) electrons. The minimum atomic E-state index is -1.26. The highest BCUT2D eigenvalue weighted by molar-refractivity contribution is 9.11. The van der Waals surface area contributed by atoms with Crippen LogP contribution in [0, 0.1) is 0 Å². The van der Waals surface area contributed by atoms with Gasteiger partial charge in [0.15, 0.2) is 0 Å². The van der Waals surface area contributed by atoms with E-state index in [-0.39, 0.29) is 17.8 Å². The molecular weight excluding hydrogens is 1060 g/mol. The molecule has 0 aliphatic heterocycles. The number of rotatable bonds is 2. The van der Waals surface area contributed by atoms with Crippen LogP contribution < -0.4 is 0 Å². The van der Waals surface area contributed by atoms with Crippen molar-refractivity contribution in [3.05, 3.63) is 284 Å². The lowest BCUT2D eigenvalue weighted by atomic mass is 9.69. The number of fused-ring (bicyclic) bond motifs is 21. The van der Waals surface area contributed by atoms with Gasteiger partial charge in [-0.3, -0.25) is 4.79 Å². The Hall–Kier alpha value is -7.64. The lowest BCUT2D eigenvalue weighted by molar-refractivity contribution is -0.134. The van der Waals surface area contributed by atoms with E-state index in [0.29, 0.717) is 0 Å². The van der Waals surface area contributed by atoms with Crippen LogP contribution in [0.25, 0.3) is 87.6 Å². The first-order valence-electron chi connectivity index (χ1n) is 24.5. The van der Waals surface area contributed by atoms with E-state index >= 15 is 0 Å². The highest BCUT2D eigenvalue weighted by atomic mass is 79.9. The van der Waals surface area contributed by atoms with E-state index in [9.17, 15) is 5.11 Å². The van der Waals surface area contributed by atoms with Gasteiger partial charge in [-0.1, -0.05) is 250 Å². The first-order valence-corrected chi connectivity index (χ1v) is 26.0. The number of aliphatic hydroxyl groups is 1. The summed E-state index contributed by atoms with van der Waals surface area (Å²) in [5.41, 5.74) is 16.3. The summed E-state index contributed by atoms with van der Waals surface area (Å²) in [6, 6.07) is 84.7. The van der Waals surface area contributed by atoms with Gasteiger partial charge in [-0.05, 0) is 117 Å². The van der Waals surface area contributed by atoms with Gasteiger partial charge >= 0.3 is 0 Å². The molecule has 0 aromatic heterocycles. The monoisotopic (exact) mass is 1100 g/mol. The molecule has 2 N–H and O–H groups in total. The number of carboxylic acids is 1. The normalized spacial score (nSPS) is 15.9. The van der Waals surface area contributed by atoms with Crippen molar-refractivity contribution in [3.63, 3.8) is 0 Å². The fourth-order valence-electron chi connectivity index (χ4n) is 12.7. The van der Waals surface area contributed by atoms with Crippen molar-refractivity contribution in [2.24, 2.45) is 0 Å². The van der Waals surface area contributed by atoms with E-state index in [1.165, 1.54) is 87.6 Å². The predicted molar refractivity (Wildman–Crippen MR) is 315 cm³/mol. The lowest BCUT2D eigenvalue weighted by Gasteiger charge is -2.31. The second-order valence-electron chi connectivity index (χ2n) is 19.0. The van der Waals surface area contributed by atoms with Gasteiger partial charge in [0, 0.05) is 43.7 Å². The number of benzene rings is 12. The van der Waals surface area contributed by atoms with Gasteiger partial charge in [0.2, 0.25) is 0 Å². The van der Waals surface area contributed by atoms with Crippen molar-refractivity contribution < 1.29 is 15.0 Å². The van der Waals surface area contributed by atoms with Gasteiger partial charge in [-0.2, -0.15) is 0 Å². The summed E-state index contributed by atoms with van der Waals surface area (Å²) in [7, 11) is 0.